The minimum absolute atomic E-state index is 0.0459. The van der Waals surface area contributed by atoms with Crippen molar-refractivity contribution < 1.29 is 14.3 Å². The summed E-state index contributed by atoms with van der Waals surface area (Å²) in [7, 11) is 0. The van der Waals surface area contributed by atoms with Crippen LogP contribution in [-0.4, -0.2) is 30.3 Å². The number of thiol groups is 1. The predicted octanol–water partition coefficient (Wildman–Crippen LogP) is 2.66. The topological polar surface area (TPSA) is 46.6 Å². The molecular weight excluding hydrogens is 330 g/mol. The second-order valence-electron chi connectivity index (χ2n) is 4.25. The lowest BCUT2D eigenvalue weighted by atomic mass is 10.2. The van der Waals surface area contributed by atoms with Gasteiger partial charge in [0.05, 0.1) is 17.9 Å². The van der Waals surface area contributed by atoms with E-state index in [1.807, 2.05) is 0 Å². The average molecular weight is 344 g/mol. The largest absolute Gasteiger partial charge is 0.462 e. The van der Waals surface area contributed by atoms with Gasteiger partial charge in [0.1, 0.15) is 0 Å². The molecule has 1 amide bonds. The van der Waals surface area contributed by atoms with Crippen LogP contribution in [0, 0.1) is 0 Å². The van der Waals surface area contributed by atoms with Gasteiger partial charge in [-0.05, 0) is 41.1 Å². The Bertz CT molecular complexity index is 521. The van der Waals surface area contributed by atoms with Gasteiger partial charge in [0.2, 0.25) is 5.91 Å². The molecule has 0 saturated carbocycles. The van der Waals surface area contributed by atoms with E-state index in [-0.39, 0.29) is 17.1 Å². The molecule has 2 rings (SSSR count). The minimum Gasteiger partial charge on any atom is -0.462 e. The molecule has 1 unspecified atom stereocenters. The maximum absolute atomic E-state index is 11.8. The van der Waals surface area contributed by atoms with Crippen LogP contribution in [0.3, 0.4) is 0 Å². The van der Waals surface area contributed by atoms with Gasteiger partial charge in [0.25, 0.3) is 0 Å². The van der Waals surface area contributed by atoms with Crippen molar-refractivity contribution in [2.24, 2.45) is 0 Å². The summed E-state index contributed by atoms with van der Waals surface area (Å²) in [6, 6.07) is 5.09. The summed E-state index contributed by atoms with van der Waals surface area (Å²) in [6.07, 6.45) is 0.440. The van der Waals surface area contributed by atoms with Crippen molar-refractivity contribution >= 4 is 46.1 Å². The van der Waals surface area contributed by atoms with Crippen molar-refractivity contribution in [1.29, 1.82) is 0 Å². The molecule has 1 aliphatic heterocycles. The normalized spacial score (nSPS) is 18.8. The van der Waals surface area contributed by atoms with Crippen LogP contribution in [0.15, 0.2) is 22.7 Å². The van der Waals surface area contributed by atoms with E-state index < -0.39 is 0 Å². The number of amides is 1. The van der Waals surface area contributed by atoms with Gasteiger partial charge in [-0.2, -0.15) is 12.6 Å². The number of nitrogens with zero attached hydrogens (tertiary/aromatic N) is 1. The summed E-state index contributed by atoms with van der Waals surface area (Å²) in [4.78, 5) is 25.1. The first-order chi connectivity index (χ1) is 9.02. The van der Waals surface area contributed by atoms with Gasteiger partial charge >= 0.3 is 5.97 Å². The lowest BCUT2D eigenvalue weighted by Gasteiger charge is -2.18. The Kier molecular flexibility index (Phi) is 4.52. The maximum Gasteiger partial charge on any atom is 0.338 e. The van der Waals surface area contributed by atoms with Gasteiger partial charge in [0, 0.05) is 22.7 Å². The fourth-order valence-corrected chi connectivity index (χ4v) is 2.90. The molecule has 1 fully saturated rings. The van der Waals surface area contributed by atoms with Gasteiger partial charge in [0.15, 0.2) is 0 Å². The van der Waals surface area contributed by atoms with Gasteiger partial charge in [-0.15, -0.1) is 0 Å². The molecule has 6 heteroatoms. The highest BCUT2D eigenvalue weighted by Crippen LogP contribution is 2.31. The highest BCUT2D eigenvalue weighted by Gasteiger charge is 2.29. The molecule has 1 heterocycles. The third kappa shape index (κ3) is 3.12. The van der Waals surface area contributed by atoms with Gasteiger partial charge in [-0.1, -0.05) is 0 Å². The molecule has 1 aromatic rings. The molecule has 1 saturated heterocycles. The summed E-state index contributed by atoms with van der Waals surface area (Å²) in [5.74, 6) is -0.320. The lowest BCUT2D eigenvalue weighted by molar-refractivity contribution is -0.117. The molecule has 4 nitrogen and oxygen atoms in total. The van der Waals surface area contributed by atoms with E-state index >= 15 is 0 Å². The molecule has 19 heavy (non-hydrogen) atoms. The Hall–Kier alpha value is -1.01. The third-order valence-electron chi connectivity index (χ3n) is 2.85. The van der Waals surface area contributed by atoms with Crippen molar-refractivity contribution in [3.8, 4) is 0 Å². The molecule has 1 aromatic carbocycles. The van der Waals surface area contributed by atoms with Gasteiger partial charge in [-0.3, -0.25) is 4.79 Å². The number of ether oxygens (including phenoxy) is 1. The van der Waals surface area contributed by atoms with Crippen LogP contribution in [0.2, 0.25) is 0 Å². The molecule has 0 spiro atoms. The van der Waals surface area contributed by atoms with Crippen LogP contribution in [-0.2, 0) is 9.53 Å². The maximum atomic E-state index is 11.8. The molecule has 0 aromatic heterocycles. The molecule has 0 aliphatic carbocycles. The van der Waals surface area contributed by atoms with Gasteiger partial charge < -0.3 is 9.64 Å². The summed E-state index contributed by atoms with van der Waals surface area (Å²) >= 11 is 7.72. The Morgan fingerprint density at radius 1 is 1.58 bits per heavy atom. The first kappa shape index (κ1) is 14.4. The number of carbonyl (C=O) groups excluding carboxylic acids is 2. The minimum atomic E-state index is -0.366. The van der Waals surface area contributed by atoms with E-state index in [9.17, 15) is 9.59 Å². The van der Waals surface area contributed by atoms with E-state index in [1.165, 1.54) is 0 Å². The van der Waals surface area contributed by atoms with Crippen LogP contribution >= 0.6 is 28.6 Å². The zero-order valence-electron chi connectivity index (χ0n) is 10.4. The van der Waals surface area contributed by atoms with E-state index in [2.05, 4.69) is 28.6 Å². The average Bonchev–Trinajstić information content (AvgIpc) is 2.68. The Morgan fingerprint density at radius 2 is 2.32 bits per heavy atom. The number of hydrogen-bond acceptors (Lipinski definition) is 4. The summed E-state index contributed by atoms with van der Waals surface area (Å²) in [6.45, 7) is 2.68. The predicted molar refractivity (Wildman–Crippen MR) is 79.8 cm³/mol. The number of rotatable bonds is 3. The second-order valence-corrected chi connectivity index (χ2v) is 5.83. The Labute approximate surface area is 125 Å². The lowest BCUT2D eigenvalue weighted by Crippen LogP contribution is -2.25. The molecule has 0 bridgehead atoms. The quantitative estimate of drug-likeness (QED) is 0.677. The van der Waals surface area contributed by atoms with Crippen LogP contribution in [0.1, 0.15) is 23.7 Å². The first-order valence-electron chi connectivity index (χ1n) is 5.98. The number of benzene rings is 1. The monoisotopic (exact) mass is 343 g/mol. The Balaban J connectivity index is 2.25. The van der Waals surface area contributed by atoms with Crippen molar-refractivity contribution in [2.45, 2.75) is 18.6 Å². The van der Waals surface area contributed by atoms with E-state index in [4.69, 9.17) is 4.74 Å². The van der Waals surface area contributed by atoms with E-state index in [0.717, 1.165) is 5.69 Å². The molecule has 0 radical (unpaired) electrons. The smallest absolute Gasteiger partial charge is 0.338 e. The molecule has 1 aliphatic rings. The number of halogens is 1. The fourth-order valence-electron chi connectivity index (χ4n) is 1.99. The molecular formula is C13H14BrNO3S. The summed E-state index contributed by atoms with van der Waals surface area (Å²) in [5, 5.41) is 0.0594. The van der Waals surface area contributed by atoms with Gasteiger partial charge in [-0.25, -0.2) is 4.79 Å². The number of hydrogen-bond donors (Lipinski definition) is 1. The second kappa shape index (κ2) is 5.96. The van der Waals surface area contributed by atoms with Crippen LogP contribution < -0.4 is 4.90 Å². The number of esters is 1. The molecule has 0 N–H and O–H groups in total. The van der Waals surface area contributed by atoms with Crippen molar-refractivity contribution in [2.75, 3.05) is 18.1 Å². The Morgan fingerprint density at radius 3 is 2.84 bits per heavy atom. The van der Waals surface area contributed by atoms with Crippen LogP contribution in [0.25, 0.3) is 0 Å². The highest BCUT2D eigenvalue weighted by molar-refractivity contribution is 9.10. The molecule has 102 valence electrons. The third-order valence-corrected chi connectivity index (χ3v) is 3.84. The highest BCUT2D eigenvalue weighted by atomic mass is 79.9. The van der Waals surface area contributed by atoms with Crippen molar-refractivity contribution in [1.82, 2.24) is 0 Å². The van der Waals surface area contributed by atoms with E-state index in [0.29, 0.717) is 29.6 Å². The zero-order valence-corrected chi connectivity index (χ0v) is 12.9. The molecule has 1 atom stereocenters. The standard InChI is InChI=1S/C13H14BrNO3S/c1-2-18-13(17)8-3-4-11(10(14)5-8)15-7-9(19)6-12(15)16/h3-5,9,19H,2,6-7H2,1H3. The fraction of sp³-hybridized carbons (Fsp3) is 0.385. The van der Waals surface area contributed by atoms with E-state index in [1.54, 1.807) is 30.0 Å². The number of anilines is 1. The summed E-state index contributed by atoms with van der Waals surface area (Å²) < 4.78 is 5.64. The zero-order chi connectivity index (χ0) is 14.0. The number of carbonyl (C=O) groups is 2. The summed E-state index contributed by atoms with van der Waals surface area (Å²) in [5.41, 5.74) is 1.22. The van der Waals surface area contributed by atoms with Crippen molar-refractivity contribution in [3.05, 3.63) is 28.2 Å². The van der Waals surface area contributed by atoms with Crippen LogP contribution in [0.4, 0.5) is 5.69 Å². The SMILES string of the molecule is CCOC(=O)c1ccc(N2CC(S)CC2=O)c(Br)c1. The first-order valence-corrected chi connectivity index (χ1v) is 7.29. The van der Waals surface area contributed by atoms with Crippen molar-refractivity contribution in [3.63, 3.8) is 0 Å². The van der Waals surface area contributed by atoms with Crippen LogP contribution in [0.5, 0.6) is 0 Å².